The Labute approximate surface area is 101 Å². The van der Waals surface area contributed by atoms with E-state index in [1.54, 1.807) is 11.3 Å². The summed E-state index contributed by atoms with van der Waals surface area (Å²) in [4.78, 5) is 2.25. The van der Waals surface area contributed by atoms with Gasteiger partial charge in [0.25, 0.3) is 0 Å². The molecule has 1 saturated heterocycles. The lowest BCUT2D eigenvalue weighted by molar-refractivity contribution is -0.0451. The van der Waals surface area contributed by atoms with Crippen LogP contribution in [0.1, 0.15) is 12.0 Å². The van der Waals surface area contributed by atoms with Crippen LogP contribution < -0.4 is 0 Å². The van der Waals surface area contributed by atoms with Gasteiger partial charge in [0.2, 0.25) is 0 Å². The van der Waals surface area contributed by atoms with Crippen LogP contribution in [0.2, 0.25) is 0 Å². The fourth-order valence-corrected chi connectivity index (χ4v) is 2.78. The van der Waals surface area contributed by atoms with E-state index in [9.17, 15) is 5.11 Å². The zero-order valence-corrected chi connectivity index (χ0v) is 10.4. The summed E-state index contributed by atoms with van der Waals surface area (Å²) in [6.07, 6.45) is 0.579. The van der Waals surface area contributed by atoms with Crippen LogP contribution in [0.3, 0.4) is 0 Å². The molecule has 1 aromatic rings. The largest absolute Gasteiger partial charge is 0.393 e. The first kappa shape index (κ1) is 12.0. The minimum absolute atomic E-state index is 0.196. The maximum Gasteiger partial charge on any atom is 0.0624 e. The Morgan fingerprint density at radius 1 is 1.62 bits per heavy atom. The molecule has 2 rings (SSSR count). The molecule has 0 aliphatic carbocycles. The molecule has 1 aromatic heterocycles. The maximum absolute atomic E-state index is 9.84. The standard InChI is InChI=1S/C12H19NO2S/c1-13(6-10-3-5-16-9-10)7-11-8-15-4-2-12(11)14/h3,5,9,11-12,14H,2,4,6-8H2,1H3. The number of thiophene rings is 1. The Bertz CT molecular complexity index is 302. The third-order valence-electron chi connectivity index (χ3n) is 3.01. The van der Waals surface area contributed by atoms with Crippen LogP contribution in [0.25, 0.3) is 0 Å². The molecule has 2 atom stereocenters. The van der Waals surface area contributed by atoms with Gasteiger partial charge < -0.3 is 14.7 Å². The second-order valence-electron chi connectivity index (χ2n) is 4.52. The Morgan fingerprint density at radius 3 is 3.19 bits per heavy atom. The molecular weight excluding hydrogens is 222 g/mol. The topological polar surface area (TPSA) is 32.7 Å². The van der Waals surface area contributed by atoms with Crippen LogP contribution >= 0.6 is 11.3 Å². The number of aliphatic hydroxyl groups excluding tert-OH is 1. The van der Waals surface area contributed by atoms with Crippen molar-refractivity contribution < 1.29 is 9.84 Å². The molecule has 3 nitrogen and oxygen atoms in total. The highest BCUT2D eigenvalue weighted by Crippen LogP contribution is 2.17. The summed E-state index contributed by atoms with van der Waals surface area (Å²) in [7, 11) is 2.10. The van der Waals surface area contributed by atoms with Gasteiger partial charge in [-0.2, -0.15) is 11.3 Å². The van der Waals surface area contributed by atoms with Gasteiger partial charge in [-0.05, 0) is 35.9 Å². The normalized spacial score (nSPS) is 26.2. The van der Waals surface area contributed by atoms with Gasteiger partial charge in [-0.25, -0.2) is 0 Å². The van der Waals surface area contributed by atoms with Gasteiger partial charge in [0.05, 0.1) is 12.7 Å². The Hall–Kier alpha value is -0.420. The summed E-state index contributed by atoms with van der Waals surface area (Å²) in [5.41, 5.74) is 1.35. The Kier molecular flexibility index (Phi) is 4.35. The van der Waals surface area contributed by atoms with Crippen molar-refractivity contribution in [3.05, 3.63) is 22.4 Å². The molecule has 0 aromatic carbocycles. The van der Waals surface area contributed by atoms with E-state index in [0.29, 0.717) is 13.2 Å². The van der Waals surface area contributed by atoms with E-state index >= 15 is 0 Å². The summed E-state index contributed by atoms with van der Waals surface area (Å²) in [6.45, 7) is 3.24. The number of nitrogens with zero attached hydrogens (tertiary/aromatic N) is 1. The van der Waals surface area contributed by atoms with Crippen LogP contribution in [0.15, 0.2) is 16.8 Å². The molecule has 4 heteroatoms. The molecule has 16 heavy (non-hydrogen) atoms. The molecule has 0 saturated carbocycles. The van der Waals surface area contributed by atoms with Gasteiger partial charge in [0, 0.05) is 25.6 Å². The maximum atomic E-state index is 9.84. The van der Waals surface area contributed by atoms with E-state index in [1.165, 1.54) is 5.56 Å². The first-order chi connectivity index (χ1) is 7.75. The van der Waals surface area contributed by atoms with Crippen molar-refractivity contribution in [1.29, 1.82) is 0 Å². The van der Waals surface area contributed by atoms with Gasteiger partial charge >= 0.3 is 0 Å². The summed E-state index contributed by atoms with van der Waals surface area (Å²) in [5, 5.41) is 14.1. The van der Waals surface area contributed by atoms with E-state index < -0.39 is 0 Å². The fraction of sp³-hybridized carbons (Fsp3) is 0.667. The molecule has 0 spiro atoms. The van der Waals surface area contributed by atoms with Gasteiger partial charge in [0.1, 0.15) is 0 Å². The van der Waals surface area contributed by atoms with E-state index in [-0.39, 0.29) is 12.0 Å². The van der Waals surface area contributed by atoms with Crippen LogP contribution in [-0.2, 0) is 11.3 Å². The van der Waals surface area contributed by atoms with Crippen LogP contribution in [0.4, 0.5) is 0 Å². The fourth-order valence-electron chi connectivity index (χ4n) is 2.12. The van der Waals surface area contributed by atoms with Crippen molar-refractivity contribution in [1.82, 2.24) is 4.90 Å². The van der Waals surface area contributed by atoms with Crippen molar-refractivity contribution in [3.8, 4) is 0 Å². The predicted molar refractivity (Wildman–Crippen MR) is 65.6 cm³/mol. The lowest BCUT2D eigenvalue weighted by Crippen LogP contribution is -2.39. The Balaban J connectivity index is 1.79. The molecule has 0 bridgehead atoms. The highest BCUT2D eigenvalue weighted by atomic mass is 32.1. The van der Waals surface area contributed by atoms with E-state index in [2.05, 4.69) is 28.8 Å². The molecule has 1 fully saturated rings. The number of rotatable bonds is 4. The molecule has 0 amide bonds. The van der Waals surface area contributed by atoms with Gasteiger partial charge in [-0.3, -0.25) is 0 Å². The van der Waals surface area contributed by atoms with Gasteiger partial charge in [-0.15, -0.1) is 0 Å². The van der Waals surface area contributed by atoms with Crippen molar-refractivity contribution >= 4 is 11.3 Å². The van der Waals surface area contributed by atoms with Gasteiger partial charge in [-0.1, -0.05) is 0 Å². The predicted octanol–water partition coefficient (Wildman–Crippen LogP) is 1.58. The molecule has 1 aliphatic heterocycles. The van der Waals surface area contributed by atoms with Crippen molar-refractivity contribution in [2.24, 2.45) is 5.92 Å². The molecule has 90 valence electrons. The van der Waals surface area contributed by atoms with Crippen molar-refractivity contribution in [3.63, 3.8) is 0 Å². The lowest BCUT2D eigenvalue weighted by Gasteiger charge is -2.31. The second-order valence-corrected chi connectivity index (χ2v) is 5.30. The summed E-state index contributed by atoms with van der Waals surface area (Å²) in [6, 6.07) is 2.15. The summed E-state index contributed by atoms with van der Waals surface area (Å²) in [5.74, 6) is 0.261. The SMILES string of the molecule is CN(Cc1ccsc1)CC1COCCC1O. The lowest BCUT2D eigenvalue weighted by atomic mass is 9.98. The molecule has 0 radical (unpaired) electrons. The van der Waals surface area contributed by atoms with Crippen LogP contribution in [0.5, 0.6) is 0 Å². The summed E-state index contributed by atoms with van der Waals surface area (Å²) < 4.78 is 5.40. The number of hydrogen-bond acceptors (Lipinski definition) is 4. The molecule has 1 N–H and O–H groups in total. The zero-order chi connectivity index (χ0) is 11.4. The highest BCUT2D eigenvalue weighted by molar-refractivity contribution is 7.07. The first-order valence-corrected chi connectivity index (χ1v) is 6.65. The second kappa shape index (κ2) is 5.77. The summed E-state index contributed by atoms with van der Waals surface area (Å²) >= 11 is 1.73. The van der Waals surface area contributed by atoms with Crippen molar-refractivity contribution in [2.45, 2.75) is 19.1 Å². The first-order valence-electron chi connectivity index (χ1n) is 5.71. The molecule has 2 unspecified atom stereocenters. The average molecular weight is 241 g/mol. The quantitative estimate of drug-likeness (QED) is 0.868. The van der Waals surface area contributed by atoms with Crippen LogP contribution in [0, 0.1) is 5.92 Å². The number of aliphatic hydroxyl groups is 1. The average Bonchev–Trinajstić information content (AvgIpc) is 2.74. The Morgan fingerprint density at radius 2 is 2.50 bits per heavy atom. The van der Waals surface area contributed by atoms with E-state index in [4.69, 9.17) is 4.74 Å². The third-order valence-corrected chi connectivity index (χ3v) is 3.74. The van der Waals surface area contributed by atoms with Crippen molar-refractivity contribution in [2.75, 3.05) is 26.8 Å². The van der Waals surface area contributed by atoms with Crippen LogP contribution in [-0.4, -0.2) is 42.9 Å². The molecule has 1 aliphatic rings. The van der Waals surface area contributed by atoms with Gasteiger partial charge in [0.15, 0.2) is 0 Å². The highest BCUT2D eigenvalue weighted by Gasteiger charge is 2.24. The monoisotopic (exact) mass is 241 g/mol. The van der Waals surface area contributed by atoms with E-state index in [0.717, 1.165) is 19.5 Å². The zero-order valence-electron chi connectivity index (χ0n) is 9.63. The minimum atomic E-state index is -0.196. The third kappa shape index (κ3) is 3.28. The van der Waals surface area contributed by atoms with E-state index in [1.807, 2.05) is 0 Å². The number of hydrogen-bond donors (Lipinski definition) is 1. The smallest absolute Gasteiger partial charge is 0.0624 e. The minimum Gasteiger partial charge on any atom is -0.393 e. The molecular formula is C12H19NO2S. The molecule has 2 heterocycles. The number of ether oxygens (including phenoxy) is 1.